The first-order valence-corrected chi connectivity index (χ1v) is 11.6. The van der Waals surface area contributed by atoms with E-state index in [4.69, 9.17) is 0 Å². The van der Waals surface area contributed by atoms with Crippen molar-refractivity contribution in [2.24, 2.45) is 0 Å². The monoisotopic (exact) mass is 466 g/mol. The van der Waals surface area contributed by atoms with Crippen molar-refractivity contribution in [3.05, 3.63) is 106 Å². The molecule has 0 radical (unpaired) electrons. The summed E-state index contributed by atoms with van der Waals surface area (Å²) in [6, 6.07) is 18.3. The third kappa shape index (κ3) is 7.75. The number of carbonyl (C=O) groups is 1. The summed E-state index contributed by atoms with van der Waals surface area (Å²) in [5.41, 5.74) is 4.58. The maximum absolute atomic E-state index is 13.7. The molecule has 2 atom stereocenters. The second kappa shape index (κ2) is 12.4. The molecule has 0 aliphatic rings. The van der Waals surface area contributed by atoms with Crippen LogP contribution in [0.5, 0.6) is 0 Å². The van der Waals surface area contributed by atoms with E-state index in [1.54, 1.807) is 0 Å². The highest BCUT2D eigenvalue weighted by Gasteiger charge is 2.22. The van der Waals surface area contributed by atoms with E-state index >= 15 is 0 Å². The SMILES string of the molecule is CCc1cccc(CNC[C@H](O)[C@H](Cc2cc(F)cc(F)c2)NC(=O)Cc2ccccc2C)c1. The van der Waals surface area contributed by atoms with Crippen molar-refractivity contribution in [2.45, 2.75) is 51.8 Å². The van der Waals surface area contributed by atoms with E-state index in [1.165, 1.54) is 17.7 Å². The lowest BCUT2D eigenvalue weighted by molar-refractivity contribution is -0.122. The van der Waals surface area contributed by atoms with Crippen molar-refractivity contribution in [1.82, 2.24) is 10.6 Å². The molecular formula is C28H32F2N2O2. The van der Waals surface area contributed by atoms with Gasteiger partial charge in [0.25, 0.3) is 0 Å². The van der Waals surface area contributed by atoms with Crippen LogP contribution in [-0.2, 0) is 30.6 Å². The predicted octanol–water partition coefficient (Wildman–Crippen LogP) is 4.26. The number of amides is 1. The van der Waals surface area contributed by atoms with Crippen molar-refractivity contribution >= 4 is 5.91 Å². The number of aryl methyl sites for hydroxylation is 2. The van der Waals surface area contributed by atoms with Gasteiger partial charge in [-0.05, 0) is 59.7 Å². The number of hydrogen-bond donors (Lipinski definition) is 3. The van der Waals surface area contributed by atoms with Crippen molar-refractivity contribution in [2.75, 3.05) is 6.54 Å². The Morgan fingerprint density at radius 1 is 0.941 bits per heavy atom. The second-order valence-electron chi connectivity index (χ2n) is 8.63. The van der Waals surface area contributed by atoms with Crippen LogP contribution in [0.25, 0.3) is 0 Å². The molecule has 3 aromatic carbocycles. The molecule has 1 amide bonds. The number of carbonyl (C=O) groups excluding carboxylic acids is 1. The van der Waals surface area contributed by atoms with Gasteiger partial charge < -0.3 is 15.7 Å². The second-order valence-corrected chi connectivity index (χ2v) is 8.63. The smallest absolute Gasteiger partial charge is 0.224 e. The Balaban J connectivity index is 1.67. The summed E-state index contributed by atoms with van der Waals surface area (Å²) >= 11 is 0. The Bertz CT molecular complexity index is 1080. The van der Waals surface area contributed by atoms with Crippen LogP contribution in [0.1, 0.15) is 34.7 Å². The van der Waals surface area contributed by atoms with Crippen LogP contribution in [0, 0.1) is 18.6 Å². The van der Waals surface area contributed by atoms with Crippen LogP contribution in [0.2, 0.25) is 0 Å². The third-order valence-corrected chi connectivity index (χ3v) is 5.88. The summed E-state index contributed by atoms with van der Waals surface area (Å²) in [5.74, 6) is -1.64. The normalized spacial score (nSPS) is 12.9. The van der Waals surface area contributed by atoms with Crippen molar-refractivity contribution in [3.8, 4) is 0 Å². The number of nitrogens with one attached hydrogen (secondary N) is 2. The number of aliphatic hydroxyl groups excluding tert-OH is 1. The van der Waals surface area contributed by atoms with Gasteiger partial charge in [0.1, 0.15) is 11.6 Å². The molecule has 0 unspecified atom stereocenters. The van der Waals surface area contributed by atoms with Gasteiger partial charge in [-0.15, -0.1) is 0 Å². The van der Waals surface area contributed by atoms with E-state index in [-0.39, 0.29) is 25.3 Å². The number of benzene rings is 3. The van der Waals surface area contributed by atoms with Crippen LogP contribution in [0.4, 0.5) is 8.78 Å². The van der Waals surface area contributed by atoms with Crippen molar-refractivity contribution < 1.29 is 18.7 Å². The first-order valence-electron chi connectivity index (χ1n) is 11.6. The fourth-order valence-corrected chi connectivity index (χ4v) is 3.97. The molecule has 0 bridgehead atoms. The molecular weight excluding hydrogens is 434 g/mol. The number of rotatable bonds is 11. The molecule has 3 rings (SSSR count). The number of hydrogen-bond acceptors (Lipinski definition) is 3. The molecule has 0 aliphatic heterocycles. The highest BCUT2D eigenvalue weighted by molar-refractivity contribution is 5.79. The Morgan fingerprint density at radius 3 is 2.35 bits per heavy atom. The minimum absolute atomic E-state index is 0.0996. The van der Waals surface area contributed by atoms with Gasteiger partial charge in [-0.25, -0.2) is 8.78 Å². The molecule has 0 fully saturated rings. The summed E-state index contributed by atoms with van der Waals surface area (Å²) < 4.78 is 27.4. The van der Waals surface area contributed by atoms with Gasteiger partial charge in [0.2, 0.25) is 5.91 Å². The molecule has 0 saturated heterocycles. The molecule has 0 aromatic heterocycles. The maximum atomic E-state index is 13.7. The van der Waals surface area contributed by atoms with Gasteiger partial charge in [0.15, 0.2) is 0 Å². The molecule has 4 nitrogen and oxygen atoms in total. The van der Waals surface area contributed by atoms with Gasteiger partial charge in [0.05, 0.1) is 18.6 Å². The van der Waals surface area contributed by atoms with Gasteiger partial charge in [-0.1, -0.05) is 55.5 Å². The van der Waals surface area contributed by atoms with Crippen molar-refractivity contribution in [1.29, 1.82) is 0 Å². The Hall–Kier alpha value is -3.09. The minimum Gasteiger partial charge on any atom is -0.390 e. The minimum atomic E-state index is -0.957. The molecule has 3 aromatic rings. The fourth-order valence-electron chi connectivity index (χ4n) is 3.97. The van der Waals surface area contributed by atoms with Crippen LogP contribution >= 0.6 is 0 Å². The van der Waals surface area contributed by atoms with Crippen LogP contribution in [-0.4, -0.2) is 29.7 Å². The Labute approximate surface area is 200 Å². The summed E-state index contributed by atoms with van der Waals surface area (Å²) in [6.07, 6.45) is 0.240. The zero-order valence-electron chi connectivity index (χ0n) is 19.7. The maximum Gasteiger partial charge on any atom is 0.224 e. The van der Waals surface area contributed by atoms with Gasteiger partial charge in [0, 0.05) is 19.2 Å². The Morgan fingerprint density at radius 2 is 1.65 bits per heavy atom. The quantitative estimate of drug-likeness (QED) is 0.396. The fraction of sp³-hybridized carbons (Fsp3) is 0.321. The zero-order chi connectivity index (χ0) is 24.5. The summed E-state index contributed by atoms with van der Waals surface area (Å²) in [5, 5.41) is 17.0. The summed E-state index contributed by atoms with van der Waals surface area (Å²) in [4.78, 5) is 12.8. The van der Waals surface area contributed by atoms with E-state index in [2.05, 4.69) is 29.7 Å². The largest absolute Gasteiger partial charge is 0.390 e. The van der Waals surface area contributed by atoms with Gasteiger partial charge >= 0.3 is 0 Å². The lowest BCUT2D eigenvalue weighted by Gasteiger charge is -2.25. The highest BCUT2D eigenvalue weighted by atomic mass is 19.1. The standard InChI is InChI=1S/C28H32F2N2O2/c1-3-20-8-6-9-21(11-20)17-31-18-27(33)26(14-22-12-24(29)16-25(30)13-22)32-28(34)15-23-10-5-4-7-19(23)2/h4-13,16,26-27,31,33H,3,14-15,17-18H2,1-2H3,(H,32,34)/t26-,27-/m0/s1. The topological polar surface area (TPSA) is 61.4 Å². The molecule has 0 aliphatic carbocycles. The molecule has 180 valence electrons. The number of halogens is 2. The lowest BCUT2D eigenvalue weighted by Crippen LogP contribution is -2.49. The number of aliphatic hydroxyl groups is 1. The molecule has 6 heteroatoms. The van der Waals surface area contributed by atoms with Crippen LogP contribution in [0.15, 0.2) is 66.7 Å². The third-order valence-electron chi connectivity index (χ3n) is 5.88. The molecule has 0 spiro atoms. The average molecular weight is 467 g/mol. The highest BCUT2D eigenvalue weighted by Crippen LogP contribution is 2.13. The lowest BCUT2D eigenvalue weighted by atomic mass is 9.99. The van der Waals surface area contributed by atoms with Crippen molar-refractivity contribution in [3.63, 3.8) is 0 Å². The van der Waals surface area contributed by atoms with E-state index in [0.717, 1.165) is 29.2 Å². The molecule has 0 saturated carbocycles. The van der Waals surface area contributed by atoms with E-state index in [0.29, 0.717) is 12.1 Å². The van der Waals surface area contributed by atoms with E-state index in [1.807, 2.05) is 43.3 Å². The first-order chi connectivity index (χ1) is 16.3. The summed E-state index contributed by atoms with van der Waals surface area (Å²) in [7, 11) is 0. The van der Waals surface area contributed by atoms with E-state index < -0.39 is 23.8 Å². The predicted molar refractivity (Wildman–Crippen MR) is 130 cm³/mol. The van der Waals surface area contributed by atoms with Crippen LogP contribution < -0.4 is 10.6 Å². The first kappa shape index (κ1) is 25.5. The molecule has 34 heavy (non-hydrogen) atoms. The Kier molecular flexibility index (Phi) is 9.31. The summed E-state index contributed by atoms with van der Waals surface area (Å²) in [6.45, 7) is 4.80. The van der Waals surface area contributed by atoms with E-state index in [9.17, 15) is 18.7 Å². The average Bonchev–Trinajstić information content (AvgIpc) is 2.79. The van der Waals surface area contributed by atoms with Gasteiger partial charge in [-0.3, -0.25) is 4.79 Å². The molecule has 3 N–H and O–H groups in total. The van der Waals surface area contributed by atoms with Crippen LogP contribution in [0.3, 0.4) is 0 Å². The molecule has 0 heterocycles. The van der Waals surface area contributed by atoms with Gasteiger partial charge in [-0.2, -0.15) is 0 Å². The zero-order valence-corrected chi connectivity index (χ0v) is 19.7.